The van der Waals surface area contributed by atoms with E-state index in [1.807, 2.05) is 33.8 Å². The van der Waals surface area contributed by atoms with E-state index in [9.17, 15) is 4.39 Å². The molecule has 3 aliphatic rings. The lowest BCUT2D eigenvalue weighted by molar-refractivity contribution is 0.00578. The second-order valence-corrected chi connectivity index (χ2v) is 8.84. The third-order valence-corrected chi connectivity index (χ3v) is 6.40. The Kier molecular flexibility index (Phi) is 3.77. The molecule has 4 nitrogen and oxygen atoms in total. The molecule has 0 amide bonds. The number of piperidine rings is 1. The number of hydrogen-bond acceptors (Lipinski definition) is 4. The van der Waals surface area contributed by atoms with Crippen LogP contribution in [0.4, 0.5) is 4.39 Å². The molecule has 0 aliphatic carbocycles. The summed E-state index contributed by atoms with van der Waals surface area (Å²) in [7, 11) is 1.57. The lowest BCUT2D eigenvalue weighted by atomic mass is 9.77. The first-order valence-corrected chi connectivity index (χ1v) is 9.16. The molecule has 0 saturated carbocycles. The van der Waals surface area contributed by atoms with Gasteiger partial charge >= 0.3 is 7.12 Å². The third-order valence-electron chi connectivity index (χ3n) is 6.40. The number of fused-ring (bicyclic) bond motifs is 1. The average molecular weight is 347 g/mol. The van der Waals surface area contributed by atoms with Gasteiger partial charge in [-0.2, -0.15) is 0 Å². The summed E-state index contributed by atoms with van der Waals surface area (Å²) in [6.07, 6.45) is 2.63. The molecule has 1 aromatic rings. The predicted octanol–water partition coefficient (Wildman–Crippen LogP) is 2.52. The number of ether oxygens (including phenoxy) is 1. The van der Waals surface area contributed by atoms with Gasteiger partial charge < -0.3 is 18.9 Å². The number of halogens is 1. The fourth-order valence-corrected chi connectivity index (χ4v) is 3.94. The third kappa shape index (κ3) is 2.79. The molecule has 4 rings (SSSR count). The second kappa shape index (κ2) is 5.45. The summed E-state index contributed by atoms with van der Waals surface area (Å²) in [5, 5.41) is 0. The summed E-state index contributed by atoms with van der Waals surface area (Å²) in [4.78, 5) is 2.30. The van der Waals surface area contributed by atoms with Crippen molar-refractivity contribution < 1.29 is 18.4 Å². The summed E-state index contributed by atoms with van der Waals surface area (Å²) in [5.74, 6) is 0.114. The van der Waals surface area contributed by atoms with E-state index >= 15 is 0 Å². The molecule has 0 bridgehead atoms. The van der Waals surface area contributed by atoms with Gasteiger partial charge in [-0.25, -0.2) is 4.39 Å². The molecule has 0 unspecified atom stereocenters. The smallest absolute Gasteiger partial charge is 0.483 e. The Morgan fingerprint density at radius 2 is 1.64 bits per heavy atom. The van der Waals surface area contributed by atoms with Crippen LogP contribution >= 0.6 is 0 Å². The Morgan fingerprint density at radius 1 is 1.04 bits per heavy atom. The van der Waals surface area contributed by atoms with E-state index in [1.165, 1.54) is 6.07 Å². The van der Waals surface area contributed by atoms with Crippen LogP contribution in [0.3, 0.4) is 0 Å². The highest BCUT2D eigenvalue weighted by Crippen LogP contribution is 2.43. The molecule has 3 heterocycles. The highest BCUT2D eigenvalue weighted by molar-refractivity contribution is 6.62. The van der Waals surface area contributed by atoms with Crippen LogP contribution in [-0.2, 0) is 15.7 Å². The van der Waals surface area contributed by atoms with Gasteiger partial charge in [0.15, 0.2) is 11.6 Å². The van der Waals surface area contributed by atoms with E-state index in [-0.39, 0.29) is 11.4 Å². The zero-order chi connectivity index (χ0) is 18.0. The lowest BCUT2D eigenvalue weighted by Gasteiger charge is -2.37. The number of rotatable bonds is 1. The summed E-state index contributed by atoms with van der Waals surface area (Å²) in [5.41, 5.74) is 0.569. The maximum atomic E-state index is 14.8. The first-order valence-electron chi connectivity index (χ1n) is 9.16. The number of likely N-dealkylation sites (tertiary alicyclic amines) is 1. The van der Waals surface area contributed by atoms with Crippen LogP contribution in [0, 0.1) is 5.82 Å². The summed E-state index contributed by atoms with van der Waals surface area (Å²) in [6.45, 7) is 10.0. The van der Waals surface area contributed by atoms with Gasteiger partial charge in [0, 0.05) is 37.9 Å². The standard InChI is InChI=1S/C19H27BFNO3/c1-17(2)18(3,4)25-20(24-17)14-10-13-12-19(6-8-22(5)9-7-19)23-16(13)15(21)11-14/h10-11H,6-9,12H2,1-5H3. The Labute approximate surface area is 149 Å². The maximum absolute atomic E-state index is 14.8. The first kappa shape index (κ1) is 17.3. The van der Waals surface area contributed by atoms with E-state index in [0.29, 0.717) is 5.75 Å². The molecular weight excluding hydrogens is 320 g/mol. The van der Waals surface area contributed by atoms with E-state index in [1.54, 1.807) is 0 Å². The Hall–Kier alpha value is -1.11. The number of hydrogen-bond donors (Lipinski definition) is 0. The van der Waals surface area contributed by atoms with Crippen molar-refractivity contribution in [3.8, 4) is 5.75 Å². The van der Waals surface area contributed by atoms with Crippen LogP contribution in [0.15, 0.2) is 12.1 Å². The van der Waals surface area contributed by atoms with E-state index < -0.39 is 18.3 Å². The minimum absolute atomic E-state index is 0.246. The van der Waals surface area contributed by atoms with E-state index in [4.69, 9.17) is 14.0 Å². The fourth-order valence-electron chi connectivity index (χ4n) is 3.94. The lowest BCUT2D eigenvalue weighted by Crippen LogP contribution is -2.46. The molecule has 3 aliphatic heterocycles. The highest BCUT2D eigenvalue weighted by atomic mass is 19.1. The van der Waals surface area contributed by atoms with Crippen molar-refractivity contribution in [3.63, 3.8) is 0 Å². The van der Waals surface area contributed by atoms with Gasteiger partial charge in [-0.05, 0) is 46.3 Å². The Morgan fingerprint density at radius 3 is 2.24 bits per heavy atom. The zero-order valence-electron chi connectivity index (χ0n) is 15.8. The minimum atomic E-state index is -0.543. The monoisotopic (exact) mass is 347 g/mol. The second-order valence-electron chi connectivity index (χ2n) is 8.84. The molecule has 25 heavy (non-hydrogen) atoms. The van der Waals surface area contributed by atoms with Crippen LogP contribution in [0.25, 0.3) is 0 Å². The maximum Gasteiger partial charge on any atom is 0.494 e. The Bertz CT molecular complexity index is 682. The van der Waals surface area contributed by atoms with Crippen LogP contribution < -0.4 is 10.2 Å². The van der Waals surface area contributed by atoms with Gasteiger partial charge in [0.2, 0.25) is 0 Å². The molecule has 2 saturated heterocycles. The molecule has 0 aromatic heterocycles. The van der Waals surface area contributed by atoms with Crippen molar-refractivity contribution in [2.45, 2.75) is 63.8 Å². The van der Waals surface area contributed by atoms with Gasteiger partial charge in [0.1, 0.15) is 5.60 Å². The number of benzene rings is 1. The van der Waals surface area contributed by atoms with E-state index in [2.05, 4.69) is 11.9 Å². The highest BCUT2D eigenvalue weighted by Gasteiger charge is 2.52. The van der Waals surface area contributed by atoms with Crippen LogP contribution in [0.2, 0.25) is 0 Å². The van der Waals surface area contributed by atoms with Crippen LogP contribution in [-0.4, -0.2) is 49.0 Å². The van der Waals surface area contributed by atoms with Gasteiger partial charge in [-0.1, -0.05) is 6.07 Å². The van der Waals surface area contributed by atoms with Gasteiger partial charge in [-0.15, -0.1) is 0 Å². The normalized spacial score (nSPS) is 26.7. The molecule has 1 aromatic carbocycles. The number of nitrogens with zero attached hydrogens (tertiary/aromatic N) is 1. The molecule has 1 spiro atoms. The van der Waals surface area contributed by atoms with Gasteiger partial charge in [-0.3, -0.25) is 0 Å². The van der Waals surface area contributed by atoms with Gasteiger partial charge in [0.05, 0.1) is 11.2 Å². The Balaban J connectivity index is 1.61. The SMILES string of the molecule is CN1CCC2(CC1)Cc1cc(B3OC(C)(C)C(C)(C)O3)cc(F)c1O2. The topological polar surface area (TPSA) is 30.9 Å². The first-order chi connectivity index (χ1) is 11.6. The zero-order valence-corrected chi connectivity index (χ0v) is 15.8. The summed E-state index contributed by atoms with van der Waals surface area (Å²) in [6, 6.07) is 3.52. The van der Waals surface area contributed by atoms with Crippen LogP contribution in [0.5, 0.6) is 5.75 Å². The van der Waals surface area contributed by atoms with Crippen molar-refractivity contribution >= 4 is 12.6 Å². The summed E-state index contributed by atoms with van der Waals surface area (Å²) >= 11 is 0. The summed E-state index contributed by atoms with van der Waals surface area (Å²) < 4.78 is 33.0. The quantitative estimate of drug-likeness (QED) is 0.731. The predicted molar refractivity (Wildman–Crippen MR) is 95.9 cm³/mol. The molecule has 6 heteroatoms. The largest absolute Gasteiger partial charge is 0.494 e. The molecule has 0 atom stereocenters. The molecule has 136 valence electrons. The van der Waals surface area contributed by atoms with Crippen molar-refractivity contribution in [2.75, 3.05) is 20.1 Å². The van der Waals surface area contributed by atoms with Crippen molar-refractivity contribution in [1.29, 1.82) is 0 Å². The van der Waals surface area contributed by atoms with Crippen molar-refractivity contribution in [3.05, 3.63) is 23.5 Å². The van der Waals surface area contributed by atoms with Crippen molar-refractivity contribution in [2.24, 2.45) is 0 Å². The fraction of sp³-hybridized carbons (Fsp3) is 0.684. The van der Waals surface area contributed by atoms with E-state index in [0.717, 1.165) is 43.4 Å². The van der Waals surface area contributed by atoms with Crippen LogP contribution in [0.1, 0.15) is 46.1 Å². The molecule has 2 fully saturated rings. The minimum Gasteiger partial charge on any atom is -0.483 e. The molecule has 0 N–H and O–H groups in total. The average Bonchev–Trinajstić information content (AvgIpc) is 2.98. The molecule has 0 radical (unpaired) electrons. The van der Waals surface area contributed by atoms with Gasteiger partial charge in [0.25, 0.3) is 0 Å². The molecular formula is C19H27BFNO3. The van der Waals surface area contributed by atoms with Crippen molar-refractivity contribution in [1.82, 2.24) is 4.90 Å².